The van der Waals surface area contributed by atoms with E-state index in [0.717, 1.165) is 6.42 Å². The second kappa shape index (κ2) is 3.90. The van der Waals surface area contributed by atoms with Crippen molar-refractivity contribution >= 4 is 21.7 Å². The Labute approximate surface area is 100 Å². The Morgan fingerprint density at radius 2 is 1.94 bits per heavy atom. The van der Waals surface area contributed by atoms with Crippen LogP contribution in [0.25, 0.3) is 21.7 Å². The first kappa shape index (κ1) is 10.4. The van der Waals surface area contributed by atoms with E-state index in [2.05, 4.69) is 60.2 Å². The fourth-order valence-corrected chi connectivity index (χ4v) is 2.48. The highest BCUT2D eigenvalue weighted by molar-refractivity contribution is 6.06. The first-order valence-electron chi connectivity index (χ1n) is 6.06. The summed E-state index contributed by atoms with van der Waals surface area (Å²) in [5.41, 5.74) is 6.69. The van der Waals surface area contributed by atoms with E-state index in [1.807, 2.05) is 0 Å². The van der Waals surface area contributed by atoms with Crippen molar-refractivity contribution in [2.75, 3.05) is 0 Å². The fourth-order valence-electron chi connectivity index (χ4n) is 2.48. The van der Waals surface area contributed by atoms with Gasteiger partial charge in [-0.05, 0) is 17.9 Å². The Bertz CT molecular complexity index is 665. The summed E-state index contributed by atoms with van der Waals surface area (Å²) in [6.07, 6.45) is 3.15. The van der Waals surface area contributed by atoms with Crippen LogP contribution in [0.2, 0.25) is 0 Å². The van der Waals surface area contributed by atoms with E-state index in [-0.39, 0.29) is 0 Å². The van der Waals surface area contributed by atoms with Gasteiger partial charge in [0.15, 0.2) is 0 Å². The molecule has 0 aliphatic heterocycles. The van der Waals surface area contributed by atoms with Crippen molar-refractivity contribution in [1.29, 1.82) is 0 Å². The highest BCUT2D eigenvalue weighted by atomic mass is 14.7. The van der Waals surface area contributed by atoms with Gasteiger partial charge < -0.3 is 10.7 Å². The van der Waals surface area contributed by atoms with E-state index < -0.39 is 0 Å². The van der Waals surface area contributed by atoms with E-state index >= 15 is 0 Å². The molecule has 0 saturated heterocycles. The monoisotopic (exact) mass is 225 g/mol. The summed E-state index contributed by atoms with van der Waals surface area (Å²) in [4.78, 5) is 3.41. The smallest absolute Gasteiger partial charge is 0.0856 e. The largest absolute Gasteiger partial charge is 0.360 e. The maximum Gasteiger partial charge on any atom is 0.0856 e. The highest BCUT2D eigenvalue weighted by Gasteiger charge is 2.09. The Morgan fingerprint density at radius 1 is 1.12 bits per heavy atom. The van der Waals surface area contributed by atoms with Gasteiger partial charge in [0, 0.05) is 23.4 Å². The number of nitrogens with one attached hydrogen (secondary N) is 1. The minimum absolute atomic E-state index is 0.445. The lowest BCUT2D eigenvalue weighted by Crippen LogP contribution is -2.60. The van der Waals surface area contributed by atoms with Gasteiger partial charge in [-0.1, -0.05) is 36.4 Å². The average molecular weight is 225 g/mol. The zero-order chi connectivity index (χ0) is 11.8. The molecule has 0 radical (unpaired) electrons. The number of H-pyrrole nitrogens is 1. The number of aromatic nitrogens is 1. The first-order chi connectivity index (χ1) is 8.25. The van der Waals surface area contributed by atoms with Crippen molar-refractivity contribution in [2.24, 2.45) is 0 Å². The number of benzene rings is 2. The number of aromatic amines is 1. The van der Waals surface area contributed by atoms with Crippen molar-refractivity contribution in [3.05, 3.63) is 48.2 Å². The summed E-state index contributed by atoms with van der Waals surface area (Å²) in [6, 6.07) is 13.3. The van der Waals surface area contributed by atoms with Gasteiger partial charge in [-0.2, -0.15) is 0 Å². The molecular formula is C15H17N2+. The molecule has 3 rings (SSSR count). The maximum absolute atomic E-state index is 4.07. The van der Waals surface area contributed by atoms with Gasteiger partial charge in [-0.25, -0.2) is 0 Å². The van der Waals surface area contributed by atoms with Gasteiger partial charge >= 0.3 is 0 Å². The Kier molecular flexibility index (Phi) is 2.37. The quantitative estimate of drug-likeness (QED) is 0.673. The Balaban J connectivity index is 2.27. The molecule has 17 heavy (non-hydrogen) atoms. The van der Waals surface area contributed by atoms with Gasteiger partial charge in [0.1, 0.15) is 0 Å². The summed E-state index contributed by atoms with van der Waals surface area (Å²) >= 11 is 0. The van der Waals surface area contributed by atoms with Crippen LogP contribution in [0, 0.1) is 0 Å². The molecule has 4 N–H and O–H groups in total. The molecule has 0 spiro atoms. The van der Waals surface area contributed by atoms with Crippen LogP contribution >= 0.6 is 0 Å². The van der Waals surface area contributed by atoms with E-state index in [4.69, 9.17) is 0 Å². The van der Waals surface area contributed by atoms with E-state index in [0.29, 0.717) is 6.04 Å². The second-order valence-corrected chi connectivity index (χ2v) is 4.83. The van der Waals surface area contributed by atoms with Crippen molar-refractivity contribution in [1.82, 2.24) is 4.98 Å². The number of hydrogen-bond donors (Lipinski definition) is 2. The van der Waals surface area contributed by atoms with Gasteiger partial charge in [-0.3, -0.25) is 0 Å². The second-order valence-electron chi connectivity index (χ2n) is 4.83. The standard InChI is InChI=1S/C15H16N2/c1-10(16)8-12-9-17-15-13-5-3-2-4-11(13)6-7-14(12)15/h2-7,9-10,17H,8,16H2,1H3/p+1/t10-/m0/s1. The third kappa shape index (κ3) is 1.71. The van der Waals surface area contributed by atoms with Gasteiger partial charge in [0.25, 0.3) is 0 Å². The molecule has 0 aliphatic carbocycles. The van der Waals surface area contributed by atoms with Crippen LogP contribution in [0.15, 0.2) is 42.6 Å². The summed E-state index contributed by atoms with van der Waals surface area (Å²) < 4.78 is 0. The molecule has 0 unspecified atom stereocenters. The van der Waals surface area contributed by atoms with Crippen molar-refractivity contribution in [3.63, 3.8) is 0 Å². The van der Waals surface area contributed by atoms with Crippen molar-refractivity contribution in [3.8, 4) is 0 Å². The molecular weight excluding hydrogens is 208 g/mol. The molecule has 2 heteroatoms. The molecule has 0 amide bonds. The lowest BCUT2D eigenvalue weighted by atomic mass is 10.0. The van der Waals surface area contributed by atoms with Crippen molar-refractivity contribution < 1.29 is 5.73 Å². The Hall–Kier alpha value is -1.80. The van der Waals surface area contributed by atoms with E-state index in [9.17, 15) is 0 Å². The lowest BCUT2D eigenvalue weighted by molar-refractivity contribution is -0.413. The summed E-state index contributed by atoms with van der Waals surface area (Å²) in [7, 11) is 0. The van der Waals surface area contributed by atoms with E-state index in [1.165, 1.54) is 27.2 Å². The molecule has 3 aromatic rings. The first-order valence-corrected chi connectivity index (χ1v) is 6.06. The Morgan fingerprint density at radius 3 is 2.76 bits per heavy atom. The normalized spacial score (nSPS) is 13.3. The van der Waals surface area contributed by atoms with Crippen LogP contribution < -0.4 is 5.73 Å². The van der Waals surface area contributed by atoms with Crippen LogP contribution in [0.4, 0.5) is 0 Å². The molecule has 0 bridgehead atoms. The van der Waals surface area contributed by atoms with E-state index in [1.54, 1.807) is 0 Å². The number of quaternary nitrogens is 1. The summed E-state index contributed by atoms with van der Waals surface area (Å²) in [5.74, 6) is 0. The average Bonchev–Trinajstić information content (AvgIpc) is 2.72. The van der Waals surface area contributed by atoms with Crippen LogP contribution in [0.1, 0.15) is 12.5 Å². The van der Waals surface area contributed by atoms with Crippen LogP contribution in [0.3, 0.4) is 0 Å². The highest BCUT2D eigenvalue weighted by Crippen LogP contribution is 2.27. The maximum atomic E-state index is 4.07. The zero-order valence-electron chi connectivity index (χ0n) is 10.0. The van der Waals surface area contributed by atoms with Crippen LogP contribution in [0.5, 0.6) is 0 Å². The molecule has 0 aliphatic rings. The van der Waals surface area contributed by atoms with Gasteiger partial charge in [0.05, 0.1) is 11.6 Å². The minimum atomic E-state index is 0.445. The molecule has 1 heterocycles. The number of hydrogen-bond acceptors (Lipinski definition) is 0. The van der Waals surface area contributed by atoms with Crippen LogP contribution in [-0.2, 0) is 6.42 Å². The summed E-state index contributed by atoms with van der Waals surface area (Å²) in [5, 5.41) is 3.92. The fraction of sp³-hybridized carbons (Fsp3) is 0.200. The van der Waals surface area contributed by atoms with Crippen LogP contribution in [-0.4, -0.2) is 11.0 Å². The molecule has 0 saturated carbocycles. The molecule has 2 nitrogen and oxygen atoms in total. The lowest BCUT2D eigenvalue weighted by Gasteiger charge is -2.02. The predicted octanol–water partition coefficient (Wildman–Crippen LogP) is 2.49. The van der Waals surface area contributed by atoms with Gasteiger partial charge in [-0.15, -0.1) is 0 Å². The number of rotatable bonds is 2. The molecule has 86 valence electrons. The molecule has 0 fully saturated rings. The summed E-state index contributed by atoms with van der Waals surface area (Å²) in [6.45, 7) is 2.15. The van der Waals surface area contributed by atoms with Crippen molar-refractivity contribution in [2.45, 2.75) is 19.4 Å². The third-order valence-electron chi connectivity index (χ3n) is 3.23. The number of fused-ring (bicyclic) bond motifs is 3. The zero-order valence-corrected chi connectivity index (χ0v) is 10.0. The molecule has 2 aromatic carbocycles. The third-order valence-corrected chi connectivity index (χ3v) is 3.23. The molecule has 1 aromatic heterocycles. The van der Waals surface area contributed by atoms with Gasteiger partial charge in [0.2, 0.25) is 0 Å². The predicted molar refractivity (Wildman–Crippen MR) is 71.9 cm³/mol. The topological polar surface area (TPSA) is 43.4 Å². The minimum Gasteiger partial charge on any atom is -0.360 e. The molecule has 1 atom stereocenters. The SMILES string of the molecule is C[C@H]([NH3+])Cc1c[nH]c2c1ccc1ccccc12.